The SMILES string of the molecule is Cc1ccc2nc(-c3[c-]ccc4c3oc3cc([Si](C)(C)C)ccc34)n(-c3ccccc3)c2n1.[Ir].[c-]1ccccc1-c1ccccn1. The van der Waals surface area contributed by atoms with Crippen LogP contribution < -0.4 is 5.19 Å². The third kappa shape index (κ3) is 6.09. The Morgan fingerprint density at radius 2 is 1.54 bits per heavy atom. The van der Waals surface area contributed by atoms with E-state index in [1.807, 2.05) is 85.8 Å². The van der Waals surface area contributed by atoms with Gasteiger partial charge in [-0.05, 0) is 49.0 Å². The van der Waals surface area contributed by atoms with Gasteiger partial charge in [0.05, 0.1) is 25.0 Å². The number of hydrogen-bond donors (Lipinski definition) is 0. The maximum absolute atomic E-state index is 6.50. The molecule has 0 saturated heterocycles. The Hall–Kier alpha value is -4.68. The van der Waals surface area contributed by atoms with E-state index in [2.05, 4.69) is 77.7 Å². The number of aryl methyl sites for hydroxylation is 1. The summed E-state index contributed by atoms with van der Waals surface area (Å²) in [6.45, 7) is 9.07. The molecule has 0 aliphatic heterocycles. The molecule has 4 aromatic carbocycles. The topological polar surface area (TPSA) is 56.7 Å². The van der Waals surface area contributed by atoms with Crippen molar-refractivity contribution in [3.63, 3.8) is 0 Å². The van der Waals surface area contributed by atoms with Gasteiger partial charge in [0.1, 0.15) is 5.58 Å². The molecule has 229 valence electrons. The van der Waals surface area contributed by atoms with Crippen LogP contribution in [-0.2, 0) is 20.1 Å². The smallest absolute Gasteiger partial charge is 0.155 e. The predicted molar refractivity (Wildman–Crippen MR) is 187 cm³/mol. The van der Waals surface area contributed by atoms with Crippen molar-refractivity contribution >= 4 is 46.4 Å². The van der Waals surface area contributed by atoms with Crippen molar-refractivity contribution in [3.05, 3.63) is 139 Å². The average Bonchev–Trinajstić information content (AvgIpc) is 3.64. The van der Waals surface area contributed by atoms with Crippen molar-refractivity contribution in [1.29, 1.82) is 0 Å². The number of pyridine rings is 2. The summed E-state index contributed by atoms with van der Waals surface area (Å²) >= 11 is 0. The molecule has 8 rings (SSSR count). The molecule has 4 aromatic heterocycles. The summed E-state index contributed by atoms with van der Waals surface area (Å²) in [7, 11) is -1.45. The van der Waals surface area contributed by atoms with Gasteiger partial charge in [-0.15, -0.1) is 54.1 Å². The summed E-state index contributed by atoms with van der Waals surface area (Å²) in [5, 5.41) is 3.59. The van der Waals surface area contributed by atoms with Crippen molar-refractivity contribution < 1.29 is 24.5 Å². The average molecular weight is 793 g/mol. The van der Waals surface area contributed by atoms with Gasteiger partial charge in [-0.3, -0.25) is 4.98 Å². The molecule has 0 aliphatic rings. The molecule has 0 N–H and O–H groups in total. The standard InChI is InChI=1S/C28H24N3OSi.C11H8N.Ir/c1-18-13-16-24-28(29-18)31(19-9-6-5-7-10-19)27(30-24)23-12-8-11-22-21-15-14-20(33(2,3)4)17-25(21)32-26(22)23;1-2-6-10(7-3-1)11-8-4-5-9-12-11;/h5-11,13-17H,1-4H3;1-6,8-9H;/q2*-1;. The van der Waals surface area contributed by atoms with E-state index in [-0.39, 0.29) is 20.1 Å². The number of para-hydroxylation sites is 1. The molecule has 7 heteroatoms. The van der Waals surface area contributed by atoms with Gasteiger partial charge in [-0.25, -0.2) is 4.98 Å². The van der Waals surface area contributed by atoms with E-state index in [0.717, 1.165) is 67.1 Å². The van der Waals surface area contributed by atoms with Gasteiger partial charge >= 0.3 is 0 Å². The summed E-state index contributed by atoms with van der Waals surface area (Å²) in [4.78, 5) is 14.0. The Kier molecular flexibility index (Phi) is 8.83. The first-order chi connectivity index (χ1) is 21.9. The van der Waals surface area contributed by atoms with Gasteiger partial charge in [-0.2, -0.15) is 0 Å². The first-order valence-electron chi connectivity index (χ1n) is 15.0. The Morgan fingerprint density at radius 3 is 2.28 bits per heavy atom. The van der Waals surface area contributed by atoms with E-state index in [1.54, 1.807) is 6.20 Å². The quantitative estimate of drug-likeness (QED) is 0.132. The fourth-order valence-electron chi connectivity index (χ4n) is 5.49. The molecule has 4 heterocycles. The molecular weight excluding hydrogens is 761 g/mol. The molecule has 5 nitrogen and oxygen atoms in total. The number of nitrogens with zero attached hydrogens (tertiary/aromatic N) is 4. The Labute approximate surface area is 283 Å². The molecule has 0 aliphatic carbocycles. The van der Waals surface area contributed by atoms with Crippen LogP contribution in [0.2, 0.25) is 19.6 Å². The zero-order chi connectivity index (χ0) is 31.0. The molecule has 1 radical (unpaired) electrons. The zero-order valence-corrected chi connectivity index (χ0v) is 29.5. The normalized spacial score (nSPS) is 11.3. The summed E-state index contributed by atoms with van der Waals surface area (Å²) in [6, 6.07) is 45.2. The fraction of sp³-hybridized carbons (Fsp3) is 0.103. The van der Waals surface area contributed by atoms with Gasteiger partial charge in [0.2, 0.25) is 0 Å². The molecule has 0 amide bonds. The summed E-state index contributed by atoms with van der Waals surface area (Å²) < 4.78 is 8.61. The van der Waals surface area contributed by atoms with Crippen molar-refractivity contribution in [1.82, 2.24) is 19.5 Å². The number of fused-ring (bicyclic) bond motifs is 4. The predicted octanol–water partition coefficient (Wildman–Crippen LogP) is 9.19. The van der Waals surface area contributed by atoms with Gasteiger partial charge in [0.15, 0.2) is 5.65 Å². The number of rotatable bonds is 4. The number of aromatic nitrogens is 4. The monoisotopic (exact) mass is 793 g/mol. The van der Waals surface area contributed by atoms with Crippen LogP contribution in [-0.4, -0.2) is 27.6 Å². The minimum Gasteiger partial charge on any atom is -0.501 e. The maximum atomic E-state index is 6.50. The second kappa shape index (κ2) is 13.0. The first-order valence-corrected chi connectivity index (χ1v) is 18.5. The van der Waals surface area contributed by atoms with E-state index < -0.39 is 8.07 Å². The second-order valence-electron chi connectivity index (χ2n) is 12.1. The Balaban J connectivity index is 0.000000241. The summed E-state index contributed by atoms with van der Waals surface area (Å²) in [6.07, 6.45) is 1.79. The minimum absolute atomic E-state index is 0. The molecule has 0 saturated carbocycles. The summed E-state index contributed by atoms with van der Waals surface area (Å²) in [5.74, 6) is 0.782. The molecule has 0 spiro atoms. The van der Waals surface area contributed by atoms with E-state index in [9.17, 15) is 0 Å². The van der Waals surface area contributed by atoms with Crippen molar-refractivity contribution in [2.75, 3.05) is 0 Å². The largest absolute Gasteiger partial charge is 0.501 e. The van der Waals surface area contributed by atoms with Gasteiger partial charge < -0.3 is 14.0 Å². The van der Waals surface area contributed by atoms with Crippen LogP contribution in [0.4, 0.5) is 0 Å². The Morgan fingerprint density at radius 1 is 0.739 bits per heavy atom. The number of imidazole rings is 1. The van der Waals surface area contributed by atoms with Crippen LogP contribution in [0, 0.1) is 19.1 Å². The van der Waals surface area contributed by atoms with Gasteiger partial charge in [-0.1, -0.05) is 78.2 Å². The minimum atomic E-state index is -1.45. The fourth-order valence-corrected chi connectivity index (χ4v) is 6.64. The third-order valence-electron chi connectivity index (χ3n) is 7.83. The van der Waals surface area contributed by atoms with Crippen LogP contribution in [0.3, 0.4) is 0 Å². The first kappa shape index (κ1) is 31.3. The molecule has 0 bridgehead atoms. The second-order valence-corrected chi connectivity index (χ2v) is 17.1. The van der Waals surface area contributed by atoms with Gasteiger partial charge in [0.25, 0.3) is 0 Å². The van der Waals surface area contributed by atoms with Crippen molar-refractivity contribution in [2.24, 2.45) is 0 Å². The summed E-state index contributed by atoms with van der Waals surface area (Å²) in [5.41, 5.74) is 8.23. The number of benzene rings is 4. The van der Waals surface area contributed by atoms with Crippen LogP contribution in [0.1, 0.15) is 5.69 Å². The molecule has 46 heavy (non-hydrogen) atoms. The van der Waals surface area contributed by atoms with Crippen LogP contribution >= 0.6 is 0 Å². The van der Waals surface area contributed by atoms with Crippen molar-refractivity contribution in [3.8, 4) is 28.3 Å². The number of hydrogen-bond acceptors (Lipinski definition) is 4. The molecule has 0 atom stereocenters. The van der Waals surface area contributed by atoms with Crippen LogP contribution in [0.5, 0.6) is 0 Å². The van der Waals surface area contributed by atoms with Crippen molar-refractivity contribution in [2.45, 2.75) is 26.6 Å². The molecular formula is C39H32IrN4OSi-2. The molecule has 8 aromatic rings. The van der Waals surface area contributed by atoms with E-state index in [1.165, 1.54) is 5.19 Å². The number of furan rings is 1. The molecule has 0 unspecified atom stereocenters. The van der Waals surface area contributed by atoms with E-state index in [0.29, 0.717) is 0 Å². The van der Waals surface area contributed by atoms with Gasteiger partial charge in [0, 0.05) is 43.1 Å². The zero-order valence-electron chi connectivity index (χ0n) is 26.1. The van der Waals surface area contributed by atoms with Crippen LogP contribution in [0.15, 0.2) is 126 Å². The van der Waals surface area contributed by atoms with E-state index in [4.69, 9.17) is 14.4 Å². The van der Waals surface area contributed by atoms with E-state index >= 15 is 0 Å². The maximum Gasteiger partial charge on any atom is 0.155 e. The van der Waals surface area contributed by atoms with Crippen LogP contribution in [0.25, 0.3) is 61.4 Å². The third-order valence-corrected chi connectivity index (χ3v) is 9.87. The molecule has 0 fully saturated rings. The Bertz CT molecular complexity index is 2220.